The second-order valence-electron chi connectivity index (χ2n) is 6.29. The fraction of sp³-hybridized carbons (Fsp3) is 0.0909. The zero-order chi connectivity index (χ0) is 19.3. The lowest BCUT2D eigenvalue weighted by atomic mass is 10.1. The predicted octanol–water partition coefficient (Wildman–Crippen LogP) is 5.58. The molecule has 2 aromatic heterocycles. The number of aromatic nitrogens is 2. The van der Waals surface area contributed by atoms with Crippen LogP contribution in [0.3, 0.4) is 0 Å². The number of hydrogen-bond donors (Lipinski definition) is 2. The highest BCUT2D eigenvalue weighted by Crippen LogP contribution is 2.29. The van der Waals surface area contributed by atoms with Gasteiger partial charge in [0.05, 0.1) is 18.3 Å². The fourth-order valence-corrected chi connectivity index (χ4v) is 3.04. The summed E-state index contributed by atoms with van der Waals surface area (Å²) in [5.41, 5.74) is 11.7. The molecule has 0 aliphatic heterocycles. The first-order valence-electron chi connectivity index (χ1n) is 8.87. The van der Waals surface area contributed by atoms with Crippen molar-refractivity contribution in [3.8, 4) is 17.0 Å². The van der Waals surface area contributed by atoms with Gasteiger partial charge in [0, 0.05) is 23.7 Å². The topological polar surface area (TPSA) is 83.2 Å². The predicted molar refractivity (Wildman–Crippen MR) is 110 cm³/mol. The Balaban J connectivity index is 1.61. The molecule has 0 aliphatic rings. The lowest BCUT2D eigenvalue weighted by molar-refractivity contribution is 0.415. The number of methoxy groups -OCH3 is 1. The molecule has 0 bridgehead atoms. The summed E-state index contributed by atoms with van der Waals surface area (Å²) < 4.78 is 5.29. The number of benzene rings is 2. The molecule has 138 valence electrons. The first-order chi connectivity index (χ1) is 13.8. The summed E-state index contributed by atoms with van der Waals surface area (Å²) in [5.74, 6) is 1.34. The number of hydrogen-bond acceptors (Lipinski definition) is 6. The molecule has 2 aromatic carbocycles. The molecule has 2 heterocycles. The third kappa shape index (κ3) is 3.66. The van der Waals surface area contributed by atoms with E-state index in [-0.39, 0.29) is 0 Å². The molecule has 0 radical (unpaired) electrons. The maximum Gasteiger partial charge on any atom is 0.154 e. The molecule has 0 aliphatic carbocycles. The molecule has 0 amide bonds. The minimum Gasteiger partial charge on any atom is -0.497 e. The standard InChI is InChI=1S/C22H19N5O/c1-28-18-6-2-4-17(13-18)20-9-10-21(27-23)22(26-20)25-14-15-7-8-19-16(12-15)5-3-11-24-19/h2-13,23H,14H2,1H3,(H,25,26). The number of fused-ring (bicyclic) bond motifs is 1. The van der Waals surface area contributed by atoms with Gasteiger partial charge in [-0.2, -0.15) is 5.11 Å². The minimum absolute atomic E-state index is 0.495. The zero-order valence-corrected chi connectivity index (χ0v) is 15.4. The van der Waals surface area contributed by atoms with Gasteiger partial charge in [0.1, 0.15) is 11.4 Å². The molecule has 6 nitrogen and oxygen atoms in total. The van der Waals surface area contributed by atoms with Gasteiger partial charge >= 0.3 is 0 Å². The van der Waals surface area contributed by atoms with Crippen LogP contribution in [0, 0.1) is 5.53 Å². The van der Waals surface area contributed by atoms with E-state index < -0.39 is 0 Å². The third-order valence-electron chi connectivity index (χ3n) is 4.49. The van der Waals surface area contributed by atoms with Gasteiger partial charge < -0.3 is 10.1 Å². The SMILES string of the molecule is COc1cccc(-c2ccc(N=N)c(NCc3ccc4ncccc4c3)n2)c1. The summed E-state index contributed by atoms with van der Waals surface area (Å²) in [4.78, 5) is 9.02. The van der Waals surface area contributed by atoms with Crippen molar-refractivity contribution in [2.24, 2.45) is 5.11 Å². The van der Waals surface area contributed by atoms with Crippen molar-refractivity contribution in [2.75, 3.05) is 12.4 Å². The highest BCUT2D eigenvalue weighted by molar-refractivity contribution is 5.79. The highest BCUT2D eigenvalue weighted by Gasteiger charge is 2.08. The van der Waals surface area contributed by atoms with E-state index in [1.165, 1.54) is 0 Å². The Labute approximate surface area is 162 Å². The van der Waals surface area contributed by atoms with Crippen molar-refractivity contribution in [1.29, 1.82) is 5.53 Å². The van der Waals surface area contributed by atoms with E-state index in [2.05, 4.69) is 26.5 Å². The summed E-state index contributed by atoms with van der Waals surface area (Å²) in [6.07, 6.45) is 1.79. The number of pyridine rings is 2. The van der Waals surface area contributed by atoms with Crippen LogP contribution < -0.4 is 10.1 Å². The summed E-state index contributed by atoms with van der Waals surface area (Å²) in [6.45, 7) is 0.571. The molecule has 6 heteroatoms. The van der Waals surface area contributed by atoms with Crippen molar-refractivity contribution in [2.45, 2.75) is 6.54 Å². The molecule has 28 heavy (non-hydrogen) atoms. The number of nitrogens with one attached hydrogen (secondary N) is 2. The molecule has 2 N–H and O–H groups in total. The Morgan fingerprint density at radius 2 is 1.96 bits per heavy atom. The fourth-order valence-electron chi connectivity index (χ4n) is 3.04. The number of rotatable bonds is 6. The van der Waals surface area contributed by atoms with Crippen molar-refractivity contribution in [1.82, 2.24) is 9.97 Å². The van der Waals surface area contributed by atoms with Gasteiger partial charge in [-0.3, -0.25) is 4.98 Å². The number of nitrogens with zero attached hydrogens (tertiary/aromatic N) is 3. The van der Waals surface area contributed by atoms with Crippen LogP contribution in [-0.2, 0) is 6.54 Å². The average Bonchev–Trinajstić information content (AvgIpc) is 2.77. The smallest absolute Gasteiger partial charge is 0.154 e. The summed E-state index contributed by atoms with van der Waals surface area (Å²) in [6, 6.07) is 21.5. The Morgan fingerprint density at radius 1 is 1.04 bits per heavy atom. The van der Waals surface area contributed by atoms with Gasteiger partial charge in [0.2, 0.25) is 0 Å². The van der Waals surface area contributed by atoms with E-state index in [0.29, 0.717) is 18.1 Å². The van der Waals surface area contributed by atoms with Crippen LogP contribution >= 0.6 is 0 Å². The maximum atomic E-state index is 7.43. The normalized spacial score (nSPS) is 10.6. The molecule has 0 saturated carbocycles. The molecule has 0 fully saturated rings. The minimum atomic E-state index is 0.495. The van der Waals surface area contributed by atoms with Crippen LogP contribution in [0.5, 0.6) is 5.75 Å². The van der Waals surface area contributed by atoms with E-state index in [0.717, 1.165) is 33.5 Å². The van der Waals surface area contributed by atoms with Gasteiger partial charge in [-0.25, -0.2) is 10.5 Å². The second kappa shape index (κ2) is 7.84. The number of anilines is 1. The third-order valence-corrected chi connectivity index (χ3v) is 4.49. The maximum absolute atomic E-state index is 7.43. The van der Waals surface area contributed by atoms with E-state index in [1.54, 1.807) is 19.4 Å². The second-order valence-corrected chi connectivity index (χ2v) is 6.29. The van der Waals surface area contributed by atoms with Crippen LogP contribution in [0.2, 0.25) is 0 Å². The van der Waals surface area contributed by atoms with Crippen molar-refractivity contribution in [3.63, 3.8) is 0 Å². The van der Waals surface area contributed by atoms with Crippen molar-refractivity contribution >= 4 is 22.4 Å². The van der Waals surface area contributed by atoms with E-state index in [1.807, 2.05) is 54.6 Å². The highest BCUT2D eigenvalue weighted by atomic mass is 16.5. The Morgan fingerprint density at radius 3 is 2.82 bits per heavy atom. The molecule has 0 saturated heterocycles. The van der Waals surface area contributed by atoms with Crippen molar-refractivity contribution in [3.05, 3.63) is 78.5 Å². The van der Waals surface area contributed by atoms with Gasteiger partial charge in [-0.1, -0.05) is 24.3 Å². The van der Waals surface area contributed by atoms with Gasteiger partial charge in [0.15, 0.2) is 5.82 Å². The van der Waals surface area contributed by atoms with Crippen LogP contribution in [0.15, 0.2) is 78.0 Å². The lowest BCUT2D eigenvalue weighted by Crippen LogP contribution is -2.02. The first-order valence-corrected chi connectivity index (χ1v) is 8.87. The molecule has 0 spiro atoms. The van der Waals surface area contributed by atoms with Crippen LogP contribution in [0.4, 0.5) is 11.5 Å². The first kappa shape index (κ1) is 17.6. The zero-order valence-electron chi connectivity index (χ0n) is 15.4. The molecule has 4 rings (SSSR count). The van der Waals surface area contributed by atoms with Crippen LogP contribution in [0.25, 0.3) is 22.2 Å². The molecule has 0 unspecified atom stereocenters. The van der Waals surface area contributed by atoms with E-state index >= 15 is 0 Å². The largest absolute Gasteiger partial charge is 0.497 e. The quantitative estimate of drug-likeness (QED) is 0.435. The Bertz CT molecular complexity index is 1140. The van der Waals surface area contributed by atoms with Crippen LogP contribution in [0.1, 0.15) is 5.56 Å². The molecular formula is C22H19N5O. The summed E-state index contributed by atoms with van der Waals surface area (Å²) >= 11 is 0. The van der Waals surface area contributed by atoms with E-state index in [4.69, 9.17) is 10.3 Å². The Hall–Kier alpha value is -3.80. The van der Waals surface area contributed by atoms with Crippen LogP contribution in [-0.4, -0.2) is 17.1 Å². The van der Waals surface area contributed by atoms with E-state index in [9.17, 15) is 0 Å². The summed E-state index contributed by atoms with van der Waals surface area (Å²) in [7, 11) is 1.64. The summed E-state index contributed by atoms with van der Waals surface area (Å²) in [5, 5.41) is 7.99. The van der Waals surface area contributed by atoms with Gasteiger partial charge in [-0.15, -0.1) is 0 Å². The molecule has 4 aromatic rings. The number of ether oxygens (including phenoxy) is 1. The Kier molecular flexibility index (Phi) is 4.93. The molecular weight excluding hydrogens is 350 g/mol. The average molecular weight is 369 g/mol. The van der Waals surface area contributed by atoms with Crippen molar-refractivity contribution < 1.29 is 4.74 Å². The van der Waals surface area contributed by atoms with Gasteiger partial charge in [0.25, 0.3) is 0 Å². The van der Waals surface area contributed by atoms with Gasteiger partial charge in [-0.05, 0) is 48.0 Å². The monoisotopic (exact) mass is 369 g/mol. The molecule has 0 atom stereocenters. The lowest BCUT2D eigenvalue weighted by Gasteiger charge is -2.11.